The smallest absolute Gasteiger partial charge is 0.0468 e. The van der Waals surface area contributed by atoms with E-state index in [-0.39, 0.29) is 0 Å². The average molecular weight is 700 g/mol. The summed E-state index contributed by atoms with van der Waals surface area (Å²) in [6.07, 6.45) is 0. The van der Waals surface area contributed by atoms with Gasteiger partial charge in [-0.05, 0) is 125 Å². The Bertz CT molecular complexity index is 2950. The summed E-state index contributed by atoms with van der Waals surface area (Å²) in [5, 5.41) is 7.54. The molecule has 55 heavy (non-hydrogen) atoms. The molecule has 1 nitrogen and oxygen atoms in total. The fraction of sp³-hybridized carbons (Fsp3) is 0. The quantitative estimate of drug-likeness (QED) is 0.150. The van der Waals surface area contributed by atoms with Crippen molar-refractivity contribution in [2.75, 3.05) is 4.90 Å². The van der Waals surface area contributed by atoms with Crippen molar-refractivity contribution >= 4 is 49.4 Å². The largest absolute Gasteiger partial charge is 0.310 e. The third-order valence-electron chi connectivity index (χ3n) is 10.8. The maximum atomic E-state index is 2.37. The van der Waals surface area contributed by atoms with Crippen molar-refractivity contribution < 1.29 is 0 Å². The van der Waals surface area contributed by atoms with Gasteiger partial charge in [-0.25, -0.2) is 0 Å². The van der Waals surface area contributed by atoms with Gasteiger partial charge in [0, 0.05) is 17.1 Å². The van der Waals surface area contributed by atoms with E-state index in [0.29, 0.717) is 0 Å². The number of nitrogens with zero attached hydrogens (tertiary/aromatic N) is 1. The van der Waals surface area contributed by atoms with Crippen LogP contribution in [0, 0.1) is 0 Å². The second-order valence-corrected chi connectivity index (χ2v) is 14.2. The number of fused-ring (bicyclic) bond motifs is 4. The second kappa shape index (κ2) is 14.0. The predicted molar refractivity (Wildman–Crippen MR) is 235 cm³/mol. The molecule has 10 aromatic carbocycles. The van der Waals surface area contributed by atoms with Gasteiger partial charge in [-0.1, -0.05) is 176 Å². The summed E-state index contributed by atoms with van der Waals surface area (Å²) >= 11 is 0. The lowest BCUT2D eigenvalue weighted by atomic mass is 9.95. The lowest BCUT2D eigenvalue weighted by molar-refractivity contribution is 1.29. The molecular formula is C54H37N. The van der Waals surface area contributed by atoms with Gasteiger partial charge in [0.2, 0.25) is 0 Å². The van der Waals surface area contributed by atoms with Crippen LogP contribution in [0.4, 0.5) is 17.1 Å². The molecule has 0 N–H and O–H groups in total. The highest BCUT2D eigenvalue weighted by Crippen LogP contribution is 2.40. The molecule has 10 aromatic rings. The van der Waals surface area contributed by atoms with Gasteiger partial charge in [-0.15, -0.1) is 0 Å². The van der Waals surface area contributed by atoms with Crippen molar-refractivity contribution in [3.05, 3.63) is 224 Å². The molecule has 258 valence electrons. The Labute approximate surface area is 322 Å². The van der Waals surface area contributed by atoms with Gasteiger partial charge in [-0.3, -0.25) is 0 Å². The van der Waals surface area contributed by atoms with Gasteiger partial charge < -0.3 is 4.90 Å². The van der Waals surface area contributed by atoms with E-state index in [4.69, 9.17) is 0 Å². The summed E-state index contributed by atoms with van der Waals surface area (Å²) in [5.41, 5.74) is 13.0. The van der Waals surface area contributed by atoms with Crippen LogP contribution in [0.25, 0.3) is 76.8 Å². The maximum absolute atomic E-state index is 2.37. The van der Waals surface area contributed by atoms with Crippen LogP contribution in [-0.2, 0) is 0 Å². The molecule has 0 unspecified atom stereocenters. The summed E-state index contributed by atoms with van der Waals surface area (Å²) in [7, 11) is 0. The Morgan fingerprint density at radius 3 is 1.33 bits per heavy atom. The molecule has 0 bridgehead atoms. The van der Waals surface area contributed by atoms with Gasteiger partial charge in [0.1, 0.15) is 0 Å². The Kier molecular flexibility index (Phi) is 8.24. The Balaban J connectivity index is 1.03. The normalized spacial score (nSPS) is 11.3. The maximum Gasteiger partial charge on any atom is 0.0468 e. The number of hydrogen-bond donors (Lipinski definition) is 0. The van der Waals surface area contributed by atoms with E-state index in [9.17, 15) is 0 Å². The number of rotatable bonds is 7. The lowest BCUT2D eigenvalue weighted by Gasteiger charge is -2.26. The zero-order valence-electron chi connectivity index (χ0n) is 30.3. The van der Waals surface area contributed by atoms with Crippen molar-refractivity contribution in [1.29, 1.82) is 0 Å². The van der Waals surface area contributed by atoms with Crippen molar-refractivity contribution in [3.63, 3.8) is 0 Å². The molecule has 0 aliphatic heterocycles. The van der Waals surface area contributed by atoms with Crippen molar-refractivity contribution in [2.24, 2.45) is 0 Å². The second-order valence-electron chi connectivity index (χ2n) is 14.2. The number of benzene rings is 10. The molecule has 0 spiro atoms. The van der Waals surface area contributed by atoms with Crippen LogP contribution in [0.5, 0.6) is 0 Å². The van der Waals surface area contributed by atoms with E-state index < -0.39 is 0 Å². The first kappa shape index (κ1) is 32.4. The third kappa shape index (κ3) is 6.22. The molecule has 0 atom stereocenters. The molecule has 0 aliphatic carbocycles. The van der Waals surface area contributed by atoms with E-state index in [1.807, 2.05) is 0 Å². The first-order valence-electron chi connectivity index (χ1n) is 18.9. The van der Waals surface area contributed by atoms with Crippen molar-refractivity contribution in [2.45, 2.75) is 0 Å². The molecule has 1 heteroatoms. The first-order valence-corrected chi connectivity index (χ1v) is 18.9. The molecule has 0 aliphatic rings. The van der Waals surface area contributed by atoms with Gasteiger partial charge in [-0.2, -0.15) is 0 Å². The predicted octanol–water partition coefficient (Wildman–Crippen LogP) is 15.3. The van der Waals surface area contributed by atoms with Crippen molar-refractivity contribution in [3.8, 4) is 44.5 Å². The van der Waals surface area contributed by atoms with Crippen LogP contribution in [0.3, 0.4) is 0 Å². The van der Waals surface area contributed by atoms with E-state index in [1.165, 1.54) is 76.8 Å². The zero-order chi connectivity index (χ0) is 36.6. The van der Waals surface area contributed by atoms with Gasteiger partial charge >= 0.3 is 0 Å². The van der Waals surface area contributed by atoms with Crippen LogP contribution in [-0.4, -0.2) is 0 Å². The topological polar surface area (TPSA) is 3.24 Å². The highest BCUT2D eigenvalue weighted by atomic mass is 15.1. The Morgan fingerprint density at radius 1 is 0.218 bits per heavy atom. The monoisotopic (exact) mass is 699 g/mol. The standard InChI is InChI=1S/C54H37N/c1-2-11-38(12-3-1)43-16-8-17-44(35-43)39-25-29-48(30-26-39)55(50-33-34-54-47(37-50)24-23-42-14-5-7-21-52(42)54)49-31-27-40(28-32-49)45-18-9-19-46(36-45)53-22-10-15-41-13-4-6-20-51(41)53/h1-37H. The molecular weight excluding hydrogens is 663 g/mol. The van der Waals surface area contributed by atoms with Crippen LogP contribution >= 0.6 is 0 Å². The summed E-state index contributed by atoms with van der Waals surface area (Å²) in [6.45, 7) is 0. The highest BCUT2D eigenvalue weighted by molar-refractivity contribution is 6.08. The summed E-state index contributed by atoms with van der Waals surface area (Å²) < 4.78 is 0. The fourth-order valence-corrected chi connectivity index (χ4v) is 8.05. The molecule has 10 rings (SSSR count). The van der Waals surface area contributed by atoms with E-state index in [2.05, 4.69) is 229 Å². The molecule has 0 saturated carbocycles. The van der Waals surface area contributed by atoms with Gasteiger partial charge in [0.25, 0.3) is 0 Å². The van der Waals surface area contributed by atoms with Crippen molar-refractivity contribution in [1.82, 2.24) is 0 Å². The minimum atomic E-state index is 1.10. The summed E-state index contributed by atoms with van der Waals surface area (Å²) in [6, 6.07) is 81.4. The van der Waals surface area contributed by atoms with E-state index in [0.717, 1.165) is 17.1 Å². The van der Waals surface area contributed by atoms with Crippen LogP contribution in [0.15, 0.2) is 224 Å². The average Bonchev–Trinajstić information content (AvgIpc) is 3.27. The lowest BCUT2D eigenvalue weighted by Crippen LogP contribution is -2.09. The van der Waals surface area contributed by atoms with Crippen LogP contribution in [0.1, 0.15) is 0 Å². The summed E-state index contributed by atoms with van der Waals surface area (Å²) in [5.74, 6) is 0. The molecule has 0 fully saturated rings. The fourth-order valence-electron chi connectivity index (χ4n) is 8.05. The van der Waals surface area contributed by atoms with E-state index >= 15 is 0 Å². The molecule has 0 amide bonds. The minimum absolute atomic E-state index is 1.10. The molecule has 0 saturated heterocycles. The Hall–Kier alpha value is -7.22. The SMILES string of the molecule is c1ccc(-c2cccc(-c3ccc(N(c4ccc(-c5cccc(-c6cccc7ccccc67)c5)cc4)c4ccc5c(ccc6ccccc65)c4)cc3)c2)cc1. The van der Waals surface area contributed by atoms with Crippen LogP contribution < -0.4 is 4.90 Å². The highest BCUT2D eigenvalue weighted by Gasteiger charge is 2.15. The molecule has 0 aromatic heterocycles. The van der Waals surface area contributed by atoms with Gasteiger partial charge in [0.05, 0.1) is 0 Å². The van der Waals surface area contributed by atoms with E-state index in [1.54, 1.807) is 0 Å². The zero-order valence-corrected chi connectivity index (χ0v) is 30.3. The van der Waals surface area contributed by atoms with Gasteiger partial charge in [0.15, 0.2) is 0 Å². The molecule has 0 radical (unpaired) electrons. The summed E-state index contributed by atoms with van der Waals surface area (Å²) in [4.78, 5) is 2.37. The minimum Gasteiger partial charge on any atom is -0.310 e. The third-order valence-corrected chi connectivity index (χ3v) is 10.8. The Morgan fingerprint density at radius 2 is 0.655 bits per heavy atom. The molecule has 0 heterocycles. The van der Waals surface area contributed by atoms with Crippen LogP contribution in [0.2, 0.25) is 0 Å². The number of anilines is 3. The first-order chi connectivity index (χ1) is 27.2. The number of hydrogen-bond acceptors (Lipinski definition) is 1.